The van der Waals surface area contributed by atoms with Crippen LogP contribution in [0, 0.1) is 11.8 Å². The van der Waals surface area contributed by atoms with Gasteiger partial charge in [-0.3, -0.25) is 4.79 Å². The molecule has 1 amide bonds. The van der Waals surface area contributed by atoms with Crippen LogP contribution in [0.15, 0.2) is 0 Å². The summed E-state index contributed by atoms with van der Waals surface area (Å²) in [5.74, 6) is 0.945. The predicted molar refractivity (Wildman–Crippen MR) is 82.2 cm³/mol. The summed E-state index contributed by atoms with van der Waals surface area (Å²) in [5.41, 5.74) is -0.645. The van der Waals surface area contributed by atoms with Crippen molar-refractivity contribution in [2.45, 2.75) is 51.2 Å². The van der Waals surface area contributed by atoms with Crippen LogP contribution >= 0.6 is 0 Å². The summed E-state index contributed by atoms with van der Waals surface area (Å²) in [6.07, 6.45) is 3.95. The maximum atomic E-state index is 12.6. The van der Waals surface area contributed by atoms with Gasteiger partial charge in [0.15, 0.2) is 0 Å². The average Bonchev–Trinajstić information content (AvgIpc) is 2.53. The monoisotopic (exact) mass is 298 g/mol. The van der Waals surface area contributed by atoms with Crippen molar-refractivity contribution in [3.05, 3.63) is 0 Å². The molecule has 5 heteroatoms. The summed E-state index contributed by atoms with van der Waals surface area (Å²) >= 11 is 0. The molecule has 0 aromatic carbocycles. The highest BCUT2D eigenvalue weighted by molar-refractivity contribution is 5.85. The maximum Gasteiger partial charge on any atom is 0.252 e. The van der Waals surface area contributed by atoms with Gasteiger partial charge in [-0.2, -0.15) is 0 Å². The molecule has 0 radical (unpaired) electrons. The lowest BCUT2D eigenvalue weighted by molar-refractivity contribution is -0.147. The first-order chi connectivity index (χ1) is 10.1. The molecule has 0 spiro atoms. The van der Waals surface area contributed by atoms with Crippen LogP contribution in [-0.4, -0.2) is 51.0 Å². The Bertz CT molecular complexity index is 340. The largest absolute Gasteiger partial charge is 0.378 e. The van der Waals surface area contributed by atoms with Crippen LogP contribution in [0.5, 0.6) is 0 Å². The second-order valence-corrected chi connectivity index (χ2v) is 6.64. The number of hydrogen-bond donors (Lipinski definition) is 2. The van der Waals surface area contributed by atoms with Gasteiger partial charge in [-0.05, 0) is 44.7 Å². The smallest absolute Gasteiger partial charge is 0.252 e. The SMILES string of the molecule is COC1(C(=O)NCC2CCCOC2C(C)C)CCNCC1. The molecule has 2 rings (SSSR count). The molecule has 2 saturated heterocycles. The number of amides is 1. The van der Waals surface area contributed by atoms with Gasteiger partial charge in [-0.15, -0.1) is 0 Å². The molecule has 122 valence electrons. The Hall–Kier alpha value is -0.650. The van der Waals surface area contributed by atoms with E-state index in [1.165, 1.54) is 0 Å². The van der Waals surface area contributed by atoms with Gasteiger partial charge in [-0.25, -0.2) is 0 Å². The van der Waals surface area contributed by atoms with Crippen LogP contribution in [0.2, 0.25) is 0 Å². The summed E-state index contributed by atoms with van der Waals surface area (Å²) in [6.45, 7) is 7.59. The molecule has 5 nitrogen and oxygen atoms in total. The van der Waals surface area contributed by atoms with Gasteiger partial charge in [-0.1, -0.05) is 13.8 Å². The molecule has 2 fully saturated rings. The van der Waals surface area contributed by atoms with E-state index < -0.39 is 5.60 Å². The maximum absolute atomic E-state index is 12.6. The van der Waals surface area contributed by atoms with Gasteiger partial charge < -0.3 is 20.1 Å². The van der Waals surface area contributed by atoms with Crippen LogP contribution < -0.4 is 10.6 Å². The van der Waals surface area contributed by atoms with Gasteiger partial charge in [0.05, 0.1) is 6.10 Å². The van der Waals surface area contributed by atoms with E-state index in [0.717, 1.165) is 45.4 Å². The van der Waals surface area contributed by atoms with E-state index in [1.807, 2.05) is 0 Å². The minimum absolute atomic E-state index is 0.0413. The number of methoxy groups -OCH3 is 1. The fraction of sp³-hybridized carbons (Fsp3) is 0.938. The number of ether oxygens (including phenoxy) is 2. The van der Waals surface area contributed by atoms with Crippen molar-refractivity contribution in [3.8, 4) is 0 Å². The Morgan fingerprint density at radius 1 is 1.43 bits per heavy atom. The molecule has 2 N–H and O–H groups in total. The van der Waals surface area contributed by atoms with E-state index in [1.54, 1.807) is 7.11 Å². The van der Waals surface area contributed by atoms with Crippen LogP contribution in [0.1, 0.15) is 39.5 Å². The highest BCUT2D eigenvalue weighted by atomic mass is 16.5. The Balaban J connectivity index is 1.89. The molecule has 0 bridgehead atoms. The summed E-state index contributed by atoms with van der Waals surface area (Å²) in [6, 6.07) is 0. The van der Waals surface area contributed by atoms with E-state index in [9.17, 15) is 4.79 Å². The predicted octanol–water partition coefficient (Wildman–Crippen LogP) is 1.32. The third-order valence-corrected chi connectivity index (χ3v) is 4.89. The van der Waals surface area contributed by atoms with Crippen molar-refractivity contribution in [1.29, 1.82) is 0 Å². The first-order valence-electron chi connectivity index (χ1n) is 8.25. The minimum Gasteiger partial charge on any atom is -0.378 e. The number of hydrogen-bond acceptors (Lipinski definition) is 4. The molecule has 2 unspecified atom stereocenters. The Morgan fingerprint density at radius 3 is 2.76 bits per heavy atom. The van der Waals surface area contributed by atoms with Gasteiger partial charge in [0, 0.05) is 26.2 Å². The van der Waals surface area contributed by atoms with Gasteiger partial charge in [0.2, 0.25) is 0 Å². The van der Waals surface area contributed by atoms with Crippen LogP contribution in [0.25, 0.3) is 0 Å². The van der Waals surface area contributed by atoms with Crippen LogP contribution in [0.4, 0.5) is 0 Å². The van der Waals surface area contributed by atoms with E-state index in [2.05, 4.69) is 24.5 Å². The molecule has 0 saturated carbocycles. The molecule has 2 aliphatic heterocycles. The average molecular weight is 298 g/mol. The normalized spacial score (nSPS) is 29.3. The lowest BCUT2D eigenvalue weighted by Gasteiger charge is -2.37. The summed E-state index contributed by atoms with van der Waals surface area (Å²) < 4.78 is 11.5. The van der Waals surface area contributed by atoms with E-state index >= 15 is 0 Å². The van der Waals surface area contributed by atoms with Crippen molar-refractivity contribution in [2.75, 3.05) is 33.4 Å². The zero-order valence-electron chi connectivity index (χ0n) is 13.6. The number of nitrogens with one attached hydrogen (secondary N) is 2. The number of rotatable bonds is 5. The molecule has 0 aromatic rings. The minimum atomic E-state index is -0.645. The van der Waals surface area contributed by atoms with Gasteiger partial charge >= 0.3 is 0 Å². The van der Waals surface area contributed by atoms with E-state index in [0.29, 0.717) is 18.4 Å². The molecular weight excluding hydrogens is 268 g/mol. The standard InChI is InChI=1S/C16H30N2O3/c1-12(2)14-13(5-4-10-21-14)11-18-15(19)16(20-3)6-8-17-9-7-16/h12-14,17H,4-11H2,1-3H3,(H,18,19). The lowest BCUT2D eigenvalue weighted by Crippen LogP contribution is -2.55. The third-order valence-electron chi connectivity index (χ3n) is 4.89. The zero-order valence-corrected chi connectivity index (χ0v) is 13.6. The Morgan fingerprint density at radius 2 is 2.14 bits per heavy atom. The topological polar surface area (TPSA) is 59.6 Å². The van der Waals surface area contributed by atoms with Crippen molar-refractivity contribution in [2.24, 2.45) is 11.8 Å². The highest BCUT2D eigenvalue weighted by Crippen LogP contribution is 2.27. The van der Waals surface area contributed by atoms with Crippen molar-refractivity contribution >= 4 is 5.91 Å². The molecule has 0 aromatic heterocycles. The van der Waals surface area contributed by atoms with Crippen LogP contribution in [-0.2, 0) is 14.3 Å². The first kappa shape index (κ1) is 16.7. The molecule has 21 heavy (non-hydrogen) atoms. The lowest BCUT2D eigenvalue weighted by atomic mass is 9.86. The highest BCUT2D eigenvalue weighted by Gasteiger charge is 2.40. The number of carbonyl (C=O) groups is 1. The van der Waals surface area contributed by atoms with Crippen molar-refractivity contribution in [1.82, 2.24) is 10.6 Å². The fourth-order valence-corrected chi connectivity index (χ4v) is 3.56. The molecule has 2 atom stereocenters. The molecular formula is C16H30N2O3. The van der Waals surface area contributed by atoms with E-state index in [4.69, 9.17) is 9.47 Å². The first-order valence-corrected chi connectivity index (χ1v) is 8.25. The summed E-state index contributed by atoms with van der Waals surface area (Å²) in [7, 11) is 1.64. The molecule has 2 aliphatic rings. The second-order valence-electron chi connectivity index (χ2n) is 6.64. The summed E-state index contributed by atoms with van der Waals surface area (Å²) in [4.78, 5) is 12.6. The fourth-order valence-electron chi connectivity index (χ4n) is 3.56. The number of piperidine rings is 1. The quantitative estimate of drug-likeness (QED) is 0.804. The third kappa shape index (κ3) is 3.96. The zero-order chi connectivity index (χ0) is 15.3. The Kier molecular flexibility index (Phi) is 6.02. The van der Waals surface area contributed by atoms with Crippen LogP contribution in [0.3, 0.4) is 0 Å². The molecule has 0 aliphatic carbocycles. The molecule has 2 heterocycles. The summed E-state index contributed by atoms with van der Waals surface area (Å²) in [5, 5.41) is 6.40. The van der Waals surface area contributed by atoms with Gasteiger partial charge in [0.1, 0.15) is 5.60 Å². The van der Waals surface area contributed by atoms with Crippen molar-refractivity contribution < 1.29 is 14.3 Å². The second kappa shape index (κ2) is 7.56. The Labute approximate surface area is 128 Å². The van der Waals surface area contributed by atoms with E-state index in [-0.39, 0.29) is 12.0 Å². The van der Waals surface area contributed by atoms with Crippen molar-refractivity contribution in [3.63, 3.8) is 0 Å². The van der Waals surface area contributed by atoms with Gasteiger partial charge in [0.25, 0.3) is 5.91 Å². The number of carbonyl (C=O) groups excluding carboxylic acids is 1.